The van der Waals surface area contributed by atoms with Gasteiger partial charge in [-0.3, -0.25) is 15.0 Å². The molecule has 80 heavy (non-hydrogen) atoms. The molecule has 22 nitrogen and oxygen atoms in total. The van der Waals surface area contributed by atoms with E-state index in [1.165, 1.54) is 0 Å². The topological polar surface area (TPSA) is 239 Å². The van der Waals surface area contributed by atoms with Gasteiger partial charge in [0.2, 0.25) is 0 Å². The molecule has 0 aliphatic heterocycles. The zero-order valence-electron chi connectivity index (χ0n) is 43.1. The number of hydrogen-bond acceptors (Lipinski definition) is 18. The van der Waals surface area contributed by atoms with E-state index in [0.29, 0.717) is 45.9 Å². The van der Waals surface area contributed by atoms with Gasteiger partial charge < -0.3 is 33.4 Å². The number of ether oxygens (including phenoxy) is 6. The van der Waals surface area contributed by atoms with Crippen molar-refractivity contribution in [3.05, 3.63) is 200 Å². The van der Waals surface area contributed by atoms with E-state index < -0.39 is 0 Å². The Morgan fingerprint density at radius 1 is 0.400 bits per heavy atom. The number of hydrogen-bond donors (Lipinski definition) is 1. The number of fused-ring (bicyclic) bond motifs is 6. The lowest BCUT2D eigenvalue weighted by Crippen LogP contribution is -2.05. The monoisotopic (exact) mass is 1060 g/mol. The van der Waals surface area contributed by atoms with Crippen LogP contribution in [0, 0.1) is 0 Å². The molecule has 14 rings (SSSR count). The van der Waals surface area contributed by atoms with Crippen molar-refractivity contribution in [3.8, 4) is 57.1 Å². The molecular formula is C58H46N16O6. The first-order valence-electron chi connectivity index (χ1n) is 24.9. The van der Waals surface area contributed by atoms with E-state index in [1.807, 2.05) is 158 Å². The molecule has 1 N–H and O–H groups in total. The lowest BCUT2D eigenvalue weighted by Gasteiger charge is -2.09. The van der Waals surface area contributed by atoms with Crippen molar-refractivity contribution in [3.63, 3.8) is 0 Å². The fraction of sp³-hybridized carbons (Fsp3) is 0.103. The third kappa shape index (κ3) is 10.5. The first-order valence-corrected chi connectivity index (χ1v) is 24.9. The summed E-state index contributed by atoms with van der Waals surface area (Å²) >= 11 is 0. The summed E-state index contributed by atoms with van der Waals surface area (Å²) < 4.78 is 38.8. The molecule has 0 aliphatic rings. The summed E-state index contributed by atoms with van der Waals surface area (Å²) in [4.78, 5) is 16.3. The van der Waals surface area contributed by atoms with Crippen LogP contribution in [-0.2, 0) is 19.8 Å². The molecule has 14 aromatic rings. The Labute approximate surface area is 454 Å². The molecule has 10 aromatic heterocycles. The maximum Gasteiger partial charge on any atom is 0.192 e. The van der Waals surface area contributed by atoms with Crippen molar-refractivity contribution >= 4 is 49.7 Å². The molecule has 394 valence electrons. The molecule has 10 heterocycles. The minimum atomic E-state index is 0.230. The predicted octanol–water partition coefficient (Wildman–Crippen LogP) is 9.44. The molecule has 0 saturated heterocycles. The Morgan fingerprint density at radius 3 is 1.34 bits per heavy atom. The molecule has 0 aliphatic carbocycles. The number of methoxy groups -OCH3 is 3. The van der Waals surface area contributed by atoms with Crippen LogP contribution >= 0.6 is 0 Å². The maximum atomic E-state index is 6.05. The molecule has 0 unspecified atom stereocenters. The molecule has 0 saturated carbocycles. The smallest absolute Gasteiger partial charge is 0.192 e. The van der Waals surface area contributed by atoms with Crippen molar-refractivity contribution in [1.29, 1.82) is 0 Å². The molecule has 22 heteroatoms. The largest absolute Gasteiger partial charge is 0.497 e. The summed E-state index contributed by atoms with van der Waals surface area (Å²) in [5.41, 5.74) is 8.06. The van der Waals surface area contributed by atoms with Crippen LogP contribution in [0.2, 0.25) is 0 Å². The number of pyridine rings is 3. The van der Waals surface area contributed by atoms with Crippen LogP contribution in [0.1, 0.15) is 17.5 Å². The van der Waals surface area contributed by atoms with E-state index in [4.69, 9.17) is 28.4 Å². The van der Waals surface area contributed by atoms with Crippen molar-refractivity contribution in [1.82, 2.24) is 79.4 Å². The van der Waals surface area contributed by atoms with Gasteiger partial charge in [0.25, 0.3) is 0 Å². The highest BCUT2D eigenvalue weighted by Crippen LogP contribution is 2.31. The van der Waals surface area contributed by atoms with Crippen molar-refractivity contribution in [2.24, 2.45) is 0 Å². The minimum Gasteiger partial charge on any atom is -0.497 e. The number of aromatic nitrogens is 16. The minimum absolute atomic E-state index is 0.230. The molecule has 0 spiro atoms. The van der Waals surface area contributed by atoms with Crippen LogP contribution < -0.4 is 28.4 Å². The Kier molecular flexibility index (Phi) is 14.0. The first kappa shape index (κ1) is 49.7. The number of nitrogens with one attached hydrogen (secondary N) is 1. The average Bonchev–Trinajstić information content (AvgIpc) is 4.43. The highest BCUT2D eigenvalue weighted by molar-refractivity contribution is 5.87. The van der Waals surface area contributed by atoms with Gasteiger partial charge in [-0.2, -0.15) is 28.8 Å². The van der Waals surface area contributed by atoms with Crippen LogP contribution in [-0.4, -0.2) is 101 Å². The van der Waals surface area contributed by atoms with Gasteiger partial charge in [0.05, 0.1) is 49.3 Å². The van der Waals surface area contributed by atoms with Crippen LogP contribution in [0.4, 0.5) is 0 Å². The van der Waals surface area contributed by atoms with Crippen molar-refractivity contribution in [2.45, 2.75) is 19.8 Å². The summed E-state index contributed by atoms with van der Waals surface area (Å²) in [7, 11) is 4.89. The van der Waals surface area contributed by atoms with Gasteiger partial charge in [-0.25, -0.2) is 0 Å². The molecular weight excluding hydrogens is 1020 g/mol. The second-order valence-corrected chi connectivity index (χ2v) is 17.5. The molecule has 0 amide bonds. The van der Waals surface area contributed by atoms with Crippen molar-refractivity contribution < 1.29 is 28.4 Å². The second kappa shape index (κ2) is 22.6. The molecule has 0 bridgehead atoms. The predicted molar refractivity (Wildman–Crippen MR) is 295 cm³/mol. The van der Waals surface area contributed by atoms with E-state index >= 15 is 0 Å². The highest BCUT2D eigenvalue weighted by atomic mass is 16.5. The Hall–Kier alpha value is -11.2. The van der Waals surface area contributed by atoms with E-state index in [0.717, 1.165) is 78.4 Å². The van der Waals surface area contributed by atoms with Crippen LogP contribution in [0.5, 0.6) is 34.5 Å². The fourth-order valence-electron chi connectivity index (χ4n) is 8.61. The zero-order chi connectivity index (χ0) is 54.2. The summed E-state index contributed by atoms with van der Waals surface area (Å²) in [6, 6.07) is 47.7. The first-order chi connectivity index (χ1) is 39.5. The van der Waals surface area contributed by atoms with Gasteiger partial charge in [-0.15, -0.1) is 30.6 Å². The van der Waals surface area contributed by atoms with E-state index in [2.05, 4.69) is 65.8 Å². The molecule has 0 radical (unpaired) electrons. The Morgan fingerprint density at radius 2 is 0.863 bits per heavy atom. The van der Waals surface area contributed by atoms with Gasteiger partial charge in [0, 0.05) is 70.9 Å². The Bertz CT molecular complexity index is 4440. The normalized spacial score (nSPS) is 11.1. The lowest BCUT2D eigenvalue weighted by molar-refractivity contribution is 0.296. The van der Waals surface area contributed by atoms with E-state index in [1.54, 1.807) is 59.7 Å². The third-order valence-corrected chi connectivity index (χ3v) is 12.6. The molecule has 0 fully saturated rings. The summed E-state index contributed by atoms with van der Waals surface area (Å²) in [6.07, 6.45) is 8.68. The maximum absolute atomic E-state index is 6.05. The standard InChI is InChI=1S/C22H17N5O2.C20H16N6O2.C16H13N5O2/c1-28-16-7-8-17-19(13-16)23-12-11-20(17)29-14-22-25-24-21-10-9-18(26-27(21)22)15-5-3-2-4-6-15;1-27-13-4-5-14-17(11-13)22-10-8-18(14)28-12-20-24-23-19-7-6-16(25-26(19)20)15-3-2-9-21-15;1-22-11-4-5-12-13(9-11)17-8-6-14(12)23-10-16-20-19-15-3-2-7-18-21(15)16/h2-13H,14H2,1H3;2-11,21H,12H2,1H3;2-9H,10H2,1H3. The van der Waals surface area contributed by atoms with Gasteiger partial charge in [-0.1, -0.05) is 30.3 Å². The number of aromatic amines is 1. The van der Waals surface area contributed by atoms with Gasteiger partial charge in [0.1, 0.15) is 60.0 Å². The number of H-pyrrole nitrogens is 1. The molecule has 4 aromatic carbocycles. The van der Waals surface area contributed by atoms with Crippen LogP contribution in [0.15, 0.2) is 183 Å². The second-order valence-electron chi connectivity index (χ2n) is 17.5. The highest BCUT2D eigenvalue weighted by Gasteiger charge is 2.15. The Balaban J connectivity index is 0.000000120. The van der Waals surface area contributed by atoms with Crippen LogP contribution in [0.3, 0.4) is 0 Å². The number of benzene rings is 4. The number of rotatable bonds is 14. The van der Waals surface area contributed by atoms with Gasteiger partial charge >= 0.3 is 0 Å². The van der Waals surface area contributed by atoms with E-state index in [9.17, 15) is 0 Å². The molecule has 0 atom stereocenters. The fourth-order valence-corrected chi connectivity index (χ4v) is 8.61. The number of nitrogens with zero attached hydrogens (tertiary/aromatic N) is 15. The van der Waals surface area contributed by atoms with Gasteiger partial charge in [0.15, 0.2) is 34.4 Å². The summed E-state index contributed by atoms with van der Waals surface area (Å²) in [6.45, 7) is 0.731. The van der Waals surface area contributed by atoms with E-state index in [-0.39, 0.29) is 19.8 Å². The summed E-state index contributed by atoms with van der Waals surface area (Å²) in [5, 5.41) is 41.2. The van der Waals surface area contributed by atoms with Crippen LogP contribution in [0.25, 0.3) is 72.3 Å². The average molecular weight is 1060 g/mol. The zero-order valence-corrected chi connectivity index (χ0v) is 43.1. The third-order valence-electron chi connectivity index (χ3n) is 12.6. The lowest BCUT2D eigenvalue weighted by atomic mass is 10.1. The summed E-state index contributed by atoms with van der Waals surface area (Å²) in [5.74, 6) is 6.29. The van der Waals surface area contributed by atoms with Crippen molar-refractivity contribution in [2.75, 3.05) is 21.3 Å². The van der Waals surface area contributed by atoms with Gasteiger partial charge in [-0.05, 0) is 103 Å². The quantitative estimate of drug-likeness (QED) is 0.107. The SMILES string of the molecule is COc1ccc2c(OCc3nnc4ccc(-c5ccc[nH]5)nn34)ccnc2c1.COc1ccc2c(OCc3nnc4ccc(-c5ccccc5)nn34)ccnc2c1.COc1ccc2c(OCc3nnc4cccnn34)ccnc2c1.